The van der Waals surface area contributed by atoms with Crippen LogP contribution in [-0.2, 0) is 9.22 Å². The first-order valence-corrected chi connectivity index (χ1v) is 9.77. The first-order valence-electron chi connectivity index (χ1n) is 6.86. The van der Waals surface area contributed by atoms with Crippen molar-refractivity contribution >= 4 is 14.1 Å². The van der Waals surface area contributed by atoms with Crippen LogP contribution in [0.1, 0.15) is 46.5 Å². The lowest BCUT2D eigenvalue weighted by atomic mass is 9.88. The standard InChI is InChI=1S/C14H26O2Si/c1-13(2,3)17(4,5)16-10-14-9-11(14)7-6-8-12(14)15/h11H,6-10H2,1-5H3. The molecule has 98 valence electrons. The van der Waals surface area contributed by atoms with Gasteiger partial charge in [-0.2, -0.15) is 0 Å². The average molecular weight is 254 g/mol. The van der Waals surface area contributed by atoms with Crippen LogP contribution < -0.4 is 0 Å². The van der Waals surface area contributed by atoms with Gasteiger partial charge in [-0.25, -0.2) is 0 Å². The van der Waals surface area contributed by atoms with Crippen LogP contribution in [0, 0.1) is 11.3 Å². The molecule has 0 aromatic heterocycles. The number of carbonyl (C=O) groups is 1. The molecular weight excluding hydrogens is 228 g/mol. The highest BCUT2D eigenvalue weighted by atomic mass is 28.4. The van der Waals surface area contributed by atoms with E-state index in [0.29, 0.717) is 18.3 Å². The fourth-order valence-electron chi connectivity index (χ4n) is 2.64. The Labute approximate surface area is 106 Å². The summed E-state index contributed by atoms with van der Waals surface area (Å²) < 4.78 is 6.27. The Hall–Kier alpha value is -0.153. The molecule has 2 rings (SSSR count). The molecule has 2 saturated carbocycles. The quantitative estimate of drug-likeness (QED) is 0.717. The van der Waals surface area contributed by atoms with Gasteiger partial charge in [-0.3, -0.25) is 4.79 Å². The van der Waals surface area contributed by atoms with Crippen molar-refractivity contribution in [2.45, 2.75) is 64.6 Å². The van der Waals surface area contributed by atoms with Crippen molar-refractivity contribution in [3.05, 3.63) is 0 Å². The van der Waals surface area contributed by atoms with Crippen LogP contribution in [0.4, 0.5) is 0 Å². The van der Waals surface area contributed by atoms with E-state index in [1.807, 2.05) is 0 Å². The highest BCUT2D eigenvalue weighted by Crippen LogP contribution is 2.60. The number of ketones is 1. The summed E-state index contributed by atoms with van der Waals surface area (Å²) in [6, 6.07) is 0. The lowest BCUT2D eigenvalue weighted by Gasteiger charge is -2.37. The molecule has 2 unspecified atom stereocenters. The van der Waals surface area contributed by atoms with Gasteiger partial charge >= 0.3 is 0 Å². The van der Waals surface area contributed by atoms with Gasteiger partial charge in [-0.15, -0.1) is 0 Å². The Morgan fingerprint density at radius 3 is 2.59 bits per heavy atom. The molecule has 0 aromatic carbocycles. The molecule has 0 spiro atoms. The van der Waals surface area contributed by atoms with Gasteiger partial charge in [0.15, 0.2) is 8.32 Å². The van der Waals surface area contributed by atoms with Gasteiger partial charge in [-0.1, -0.05) is 20.8 Å². The third kappa shape index (κ3) is 2.24. The Bertz CT molecular complexity index is 330. The van der Waals surface area contributed by atoms with Crippen LogP contribution in [0.3, 0.4) is 0 Å². The Kier molecular flexibility index (Phi) is 3.06. The zero-order valence-electron chi connectivity index (χ0n) is 11.9. The van der Waals surface area contributed by atoms with E-state index in [4.69, 9.17) is 4.43 Å². The molecule has 2 aliphatic rings. The predicted octanol–water partition coefficient (Wildman–Crippen LogP) is 3.77. The molecule has 17 heavy (non-hydrogen) atoms. The van der Waals surface area contributed by atoms with Gasteiger partial charge in [0, 0.05) is 13.0 Å². The maximum atomic E-state index is 12.1. The summed E-state index contributed by atoms with van der Waals surface area (Å²) in [4.78, 5) is 12.1. The maximum Gasteiger partial charge on any atom is 0.192 e. The molecule has 2 fully saturated rings. The summed E-state index contributed by atoms with van der Waals surface area (Å²) in [7, 11) is -1.69. The van der Waals surface area contributed by atoms with E-state index >= 15 is 0 Å². The van der Waals surface area contributed by atoms with Gasteiger partial charge in [0.2, 0.25) is 0 Å². The van der Waals surface area contributed by atoms with Gasteiger partial charge in [-0.05, 0) is 43.3 Å². The van der Waals surface area contributed by atoms with Crippen molar-refractivity contribution in [1.82, 2.24) is 0 Å². The summed E-state index contributed by atoms with van der Waals surface area (Å²) in [5, 5.41) is 0.242. The van der Waals surface area contributed by atoms with Crippen LogP contribution in [0.5, 0.6) is 0 Å². The SMILES string of the molecule is CC(C)(C)[Si](C)(C)OCC12CC1CCCC2=O. The Morgan fingerprint density at radius 2 is 2.06 bits per heavy atom. The summed E-state index contributed by atoms with van der Waals surface area (Å²) in [5.41, 5.74) is -0.0478. The number of rotatable bonds is 3. The van der Waals surface area contributed by atoms with Gasteiger partial charge in [0.25, 0.3) is 0 Å². The van der Waals surface area contributed by atoms with Crippen LogP contribution >= 0.6 is 0 Å². The second kappa shape index (κ2) is 3.92. The highest BCUT2D eigenvalue weighted by Gasteiger charge is 2.61. The summed E-state index contributed by atoms with van der Waals surface area (Å²) in [6.07, 6.45) is 4.23. The van der Waals surface area contributed by atoms with Gasteiger partial charge < -0.3 is 4.43 Å². The van der Waals surface area contributed by atoms with E-state index in [-0.39, 0.29) is 10.5 Å². The van der Waals surface area contributed by atoms with E-state index in [2.05, 4.69) is 33.9 Å². The smallest absolute Gasteiger partial charge is 0.192 e. The fraction of sp³-hybridized carbons (Fsp3) is 0.929. The zero-order valence-corrected chi connectivity index (χ0v) is 12.9. The second-order valence-electron chi connectivity index (χ2n) is 7.42. The van der Waals surface area contributed by atoms with Crippen LogP contribution in [0.15, 0.2) is 0 Å². The lowest BCUT2D eigenvalue weighted by Crippen LogP contribution is -2.43. The topological polar surface area (TPSA) is 26.3 Å². The number of Topliss-reactive ketones (excluding diaryl/α,β-unsaturated/α-hetero) is 1. The van der Waals surface area contributed by atoms with E-state index in [1.54, 1.807) is 0 Å². The second-order valence-corrected chi connectivity index (χ2v) is 12.2. The monoisotopic (exact) mass is 254 g/mol. The molecular formula is C14H26O2Si. The molecule has 0 heterocycles. The Balaban J connectivity index is 1.98. The molecule has 0 saturated heterocycles. The number of hydrogen-bond donors (Lipinski definition) is 0. The van der Waals surface area contributed by atoms with Crippen molar-refractivity contribution in [2.24, 2.45) is 11.3 Å². The average Bonchev–Trinajstić information content (AvgIpc) is 2.90. The largest absolute Gasteiger partial charge is 0.416 e. The van der Waals surface area contributed by atoms with Gasteiger partial charge in [0.05, 0.1) is 5.41 Å². The van der Waals surface area contributed by atoms with Crippen LogP contribution in [0.25, 0.3) is 0 Å². The summed E-state index contributed by atoms with van der Waals surface area (Å²) in [5.74, 6) is 1.13. The minimum atomic E-state index is -1.69. The molecule has 2 atom stereocenters. The van der Waals surface area contributed by atoms with Crippen molar-refractivity contribution in [2.75, 3.05) is 6.61 Å². The predicted molar refractivity (Wildman–Crippen MR) is 72.5 cm³/mol. The van der Waals surface area contributed by atoms with E-state index < -0.39 is 8.32 Å². The first kappa shape index (κ1) is 13.3. The summed E-state index contributed by atoms with van der Waals surface area (Å²) >= 11 is 0. The van der Waals surface area contributed by atoms with Crippen molar-refractivity contribution in [3.8, 4) is 0 Å². The number of hydrogen-bond acceptors (Lipinski definition) is 2. The van der Waals surface area contributed by atoms with Crippen LogP contribution in [-0.4, -0.2) is 20.7 Å². The molecule has 0 aromatic rings. The van der Waals surface area contributed by atoms with E-state index in [0.717, 1.165) is 19.3 Å². The third-order valence-electron chi connectivity index (χ3n) is 5.24. The zero-order chi connectivity index (χ0) is 12.9. The minimum Gasteiger partial charge on any atom is -0.416 e. The van der Waals surface area contributed by atoms with Crippen LogP contribution in [0.2, 0.25) is 18.1 Å². The number of fused-ring (bicyclic) bond motifs is 1. The molecule has 0 radical (unpaired) electrons. The maximum absolute atomic E-state index is 12.1. The fourth-order valence-corrected chi connectivity index (χ4v) is 3.69. The number of carbonyl (C=O) groups excluding carboxylic acids is 1. The third-order valence-corrected chi connectivity index (χ3v) is 9.72. The first-order chi connectivity index (χ1) is 7.69. The van der Waals surface area contributed by atoms with Crippen molar-refractivity contribution in [3.63, 3.8) is 0 Å². The molecule has 3 heteroatoms. The molecule has 0 amide bonds. The van der Waals surface area contributed by atoms with E-state index in [1.165, 1.54) is 6.42 Å². The minimum absolute atomic E-state index is 0.0478. The molecule has 2 aliphatic carbocycles. The Morgan fingerprint density at radius 1 is 1.41 bits per heavy atom. The van der Waals surface area contributed by atoms with Crippen molar-refractivity contribution < 1.29 is 9.22 Å². The molecule has 0 aliphatic heterocycles. The molecule has 0 bridgehead atoms. The summed E-state index contributed by atoms with van der Waals surface area (Å²) in [6.45, 7) is 12.0. The van der Waals surface area contributed by atoms with Gasteiger partial charge in [0.1, 0.15) is 5.78 Å². The van der Waals surface area contributed by atoms with E-state index in [9.17, 15) is 4.79 Å². The lowest BCUT2D eigenvalue weighted by molar-refractivity contribution is -0.127. The molecule has 2 nitrogen and oxygen atoms in total. The van der Waals surface area contributed by atoms with Crippen molar-refractivity contribution in [1.29, 1.82) is 0 Å². The highest BCUT2D eigenvalue weighted by molar-refractivity contribution is 6.74. The molecule has 0 N–H and O–H groups in total. The normalized spacial score (nSPS) is 33.5.